The summed E-state index contributed by atoms with van der Waals surface area (Å²) >= 11 is 3.72. The number of nitrogens with one attached hydrogen (secondary N) is 2. The van der Waals surface area contributed by atoms with Crippen molar-refractivity contribution >= 4 is 39.3 Å². The van der Waals surface area contributed by atoms with Gasteiger partial charge in [0.2, 0.25) is 17.7 Å². The van der Waals surface area contributed by atoms with Crippen molar-refractivity contribution in [1.82, 2.24) is 10.2 Å². The van der Waals surface area contributed by atoms with Crippen LogP contribution in [0.3, 0.4) is 0 Å². The number of aliphatic hydroxyl groups excluding tert-OH is 1. The van der Waals surface area contributed by atoms with Crippen LogP contribution >= 0.6 is 15.9 Å². The highest BCUT2D eigenvalue weighted by atomic mass is 79.9. The molecular weight excluding hydrogens is 602 g/mol. The maximum atomic E-state index is 14.4. The average Bonchev–Trinajstić information content (AvgIpc) is 3.57. The Kier molecular flexibility index (Phi) is 9.25. The van der Waals surface area contributed by atoms with Gasteiger partial charge < -0.3 is 30.1 Å². The molecule has 0 aliphatic carbocycles. The zero-order valence-corrected chi connectivity index (χ0v) is 25.9. The Hall–Kier alpha value is -2.95. The van der Waals surface area contributed by atoms with Gasteiger partial charge in [-0.2, -0.15) is 0 Å². The maximum absolute atomic E-state index is 14.4. The highest BCUT2D eigenvalue weighted by Crippen LogP contribution is 2.60. The number of hydrogen-bond acceptors (Lipinski definition) is 6. The van der Waals surface area contributed by atoms with Gasteiger partial charge in [-0.15, -0.1) is 0 Å². The first-order valence-electron chi connectivity index (χ1n) is 14.9. The van der Waals surface area contributed by atoms with Gasteiger partial charge in [0.1, 0.15) is 17.4 Å². The lowest BCUT2D eigenvalue weighted by molar-refractivity contribution is -0.145. The molecule has 4 unspecified atom stereocenters. The SMILES string of the molecule is CCCC(C)NC(=O)C1N([C@@H](CO)Cc2ccccc2)C(=O)[C@@H]2[C@H](C(=O)Nc3ccc(OCC)cc3)[C@H]3OC12CC3Br. The predicted octanol–water partition coefficient (Wildman–Crippen LogP) is 3.68. The first kappa shape index (κ1) is 30.5. The Morgan fingerprint density at radius 2 is 1.86 bits per heavy atom. The molecule has 5 rings (SSSR count). The third-order valence-corrected chi connectivity index (χ3v) is 9.58. The lowest BCUT2D eigenvalue weighted by atomic mass is 9.70. The average molecular weight is 643 g/mol. The number of alkyl halides is 1. The fourth-order valence-corrected chi connectivity index (χ4v) is 7.99. The Morgan fingerprint density at radius 1 is 1.14 bits per heavy atom. The van der Waals surface area contributed by atoms with Crippen LogP contribution in [-0.2, 0) is 25.5 Å². The Balaban J connectivity index is 1.49. The van der Waals surface area contributed by atoms with E-state index in [0.717, 1.165) is 18.4 Å². The van der Waals surface area contributed by atoms with Crippen molar-refractivity contribution in [3.63, 3.8) is 0 Å². The van der Waals surface area contributed by atoms with Gasteiger partial charge in [-0.25, -0.2) is 0 Å². The Bertz CT molecular complexity index is 1280. The van der Waals surface area contributed by atoms with Gasteiger partial charge in [-0.05, 0) is 62.9 Å². The summed E-state index contributed by atoms with van der Waals surface area (Å²) in [7, 11) is 0. The molecular formula is C32H40BrN3O6. The summed E-state index contributed by atoms with van der Waals surface area (Å²) in [5, 5.41) is 16.6. The van der Waals surface area contributed by atoms with Gasteiger partial charge in [0.05, 0.1) is 37.2 Å². The van der Waals surface area contributed by atoms with E-state index in [4.69, 9.17) is 9.47 Å². The molecule has 2 bridgehead atoms. The molecule has 3 fully saturated rings. The highest BCUT2D eigenvalue weighted by molar-refractivity contribution is 9.09. The monoisotopic (exact) mass is 641 g/mol. The molecule has 3 aliphatic heterocycles. The van der Waals surface area contributed by atoms with Crippen LogP contribution in [0, 0.1) is 11.8 Å². The molecule has 3 heterocycles. The van der Waals surface area contributed by atoms with E-state index >= 15 is 0 Å². The number of carbonyl (C=O) groups is 3. The number of benzene rings is 2. The lowest BCUT2D eigenvalue weighted by Gasteiger charge is -2.37. The van der Waals surface area contributed by atoms with Crippen molar-refractivity contribution < 1.29 is 29.0 Å². The number of anilines is 1. The summed E-state index contributed by atoms with van der Waals surface area (Å²) < 4.78 is 12.1. The standard InChI is InChI=1S/C32H40BrN3O6/c1-4-9-19(3)34-30(39)28-32-17-24(33)27(42-32)25(29(38)35-21-12-14-23(15-13-21)41-5-2)26(32)31(40)36(28)22(18-37)16-20-10-7-6-8-11-20/h6-8,10-15,19,22,24-28,37H,4-5,9,16-18H2,1-3H3,(H,34,39)(H,35,38)/t19?,22-,24?,25+,26+,27+,28?,32?/m1/s1. The van der Waals surface area contributed by atoms with E-state index in [2.05, 4.69) is 33.5 Å². The number of rotatable bonds is 12. The second-order valence-corrected chi connectivity index (χ2v) is 12.8. The maximum Gasteiger partial charge on any atom is 0.246 e. The number of ether oxygens (including phenoxy) is 2. The molecule has 3 amide bonds. The molecule has 0 aromatic heterocycles. The summed E-state index contributed by atoms with van der Waals surface area (Å²) in [6.45, 7) is 6.10. The van der Waals surface area contributed by atoms with Crippen LogP contribution in [0.5, 0.6) is 5.75 Å². The summed E-state index contributed by atoms with van der Waals surface area (Å²) in [4.78, 5) is 43.6. The molecule has 9 nitrogen and oxygen atoms in total. The highest BCUT2D eigenvalue weighted by Gasteiger charge is 2.77. The van der Waals surface area contributed by atoms with Gasteiger partial charge in [-0.3, -0.25) is 14.4 Å². The zero-order valence-electron chi connectivity index (χ0n) is 24.3. The largest absolute Gasteiger partial charge is 0.494 e. The van der Waals surface area contributed by atoms with Gasteiger partial charge in [0, 0.05) is 16.6 Å². The fourth-order valence-electron chi connectivity index (χ4n) is 7.05. The van der Waals surface area contributed by atoms with E-state index in [1.807, 2.05) is 44.2 Å². The van der Waals surface area contributed by atoms with Gasteiger partial charge in [-0.1, -0.05) is 59.6 Å². The predicted molar refractivity (Wildman–Crippen MR) is 162 cm³/mol. The molecule has 3 saturated heterocycles. The Morgan fingerprint density at radius 3 is 2.50 bits per heavy atom. The van der Waals surface area contributed by atoms with Crippen LogP contribution in [-0.4, -0.2) is 75.6 Å². The lowest BCUT2D eigenvalue weighted by Crippen LogP contribution is -2.59. The molecule has 10 heteroatoms. The molecule has 8 atom stereocenters. The van der Waals surface area contributed by atoms with Crippen LogP contribution in [0.2, 0.25) is 0 Å². The second kappa shape index (κ2) is 12.7. The minimum absolute atomic E-state index is 0.103. The summed E-state index contributed by atoms with van der Waals surface area (Å²) in [6, 6.07) is 14.9. The van der Waals surface area contributed by atoms with Crippen molar-refractivity contribution in [2.24, 2.45) is 11.8 Å². The first-order chi connectivity index (χ1) is 20.2. The molecule has 2 aromatic carbocycles. The van der Waals surface area contributed by atoms with Crippen LogP contribution in [0.15, 0.2) is 54.6 Å². The number of fused-ring (bicyclic) bond motifs is 1. The number of hydrogen-bond donors (Lipinski definition) is 3. The third-order valence-electron chi connectivity index (χ3n) is 8.74. The molecule has 226 valence electrons. The summed E-state index contributed by atoms with van der Waals surface area (Å²) in [5.41, 5.74) is 0.316. The van der Waals surface area contributed by atoms with Crippen molar-refractivity contribution in [3.05, 3.63) is 60.2 Å². The number of halogens is 1. The number of likely N-dealkylation sites (tertiary alicyclic amines) is 1. The van der Waals surface area contributed by atoms with Crippen LogP contribution in [0.1, 0.15) is 45.6 Å². The van der Waals surface area contributed by atoms with Crippen LogP contribution in [0.4, 0.5) is 5.69 Å². The Labute approximate surface area is 255 Å². The van der Waals surface area contributed by atoms with Gasteiger partial charge in [0.25, 0.3) is 0 Å². The van der Waals surface area contributed by atoms with Gasteiger partial charge >= 0.3 is 0 Å². The molecule has 3 aliphatic rings. The van der Waals surface area contributed by atoms with Crippen LogP contribution in [0.25, 0.3) is 0 Å². The molecule has 1 spiro atoms. The third kappa shape index (κ3) is 5.56. The molecule has 42 heavy (non-hydrogen) atoms. The molecule has 0 radical (unpaired) electrons. The van der Waals surface area contributed by atoms with Crippen molar-refractivity contribution in [2.75, 3.05) is 18.5 Å². The summed E-state index contributed by atoms with van der Waals surface area (Å²) in [6.07, 6.45) is 1.87. The minimum atomic E-state index is -1.20. The van der Waals surface area contributed by atoms with E-state index in [1.54, 1.807) is 24.3 Å². The first-order valence-corrected chi connectivity index (χ1v) is 15.8. The van der Waals surface area contributed by atoms with Crippen molar-refractivity contribution in [1.29, 1.82) is 0 Å². The zero-order chi connectivity index (χ0) is 30.0. The van der Waals surface area contributed by atoms with Crippen LogP contribution < -0.4 is 15.4 Å². The van der Waals surface area contributed by atoms with Gasteiger partial charge in [0.15, 0.2) is 0 Å². The number of amides is 3. The number of carbonyl (C=O) groups excluding carboxylic acids is 3. The molecule has 0 saturated carbocycles. The van der Waals surface area contributed by atoms with E-state index in [0.29, 0.717) is 30.9 Å². The smallest absolute Gasteiger partial charge is 0.246 e. The second-order valence-electron chi connectivity index (χ2n) is 11.6. The van der Waals surface area contributed by atoms with Crippen molar-refractivity contribution in [2.45, 2.75) is 81.1 Å². The normalized spacial score (nSPS) is 29.2. The van der Waals surface area contributed by atoms with Crippen molar-refractivity contribution in [3.8, 4) is 5.75 Å². The number of aliphatic hydroxyl groups is 1. The fraction of sp³-hybridized carbons (Fsp3) is 0.531. The van der Waals surface area contributed by atoms with E-state index in [1.165, 1.54) is 4.90 Å². The minimum Gasteiger partial charge on any atom is -0.494 e. The van der Waals surface area contributed by atoms with E-state index < -0.39 is 35.6 Å². The van der Waals surface area contributed by atoms with E-state index in [9.17, 15) is 19.5 Å². The molecule has 2 aromatic rings. The topological polar surface area (TPSA) is 117 Å². The number of nitrogens with zero attached hydrogens (tertiary/aromatic N) is 1. The molecule has 3 N–H and O–H groups in total. The van der Waals surface area contributed by atoms with E-state index in [-0.39, 0.29) is 35.2 Å². The quantitative estimate of drug-likeness (QED) is 0.305. The summed E-state index contributed by atoms with van der Waals surface area (Å²) in [5.74, 6) is -1.96.